The maximum atomic E-state index is 13.0. The van der Waals surface area contributed by atoms with Gasteiger partial charge in [-0.3, -0.25) is 14.6 Å². The first-order chi connectivity index (χ1) is 12.2. The Bertz CT molecular complexity index is 826. The average molecular weight is 337 g/mol. The minimum Gasteiger partial charge on any atom is -0.467 e. The molecule has 4 rings (SSSR count). The fraction of sp³-hybridized carbons (Fsp3) is 0.316. The first kappa shape index (κ1) is 15.6. The first-order valence-electron chi connectivity index (χ1n) is 8.49. The lowest BCUT2D eigenvalue weighted by Crippen LogP contribution is -2.43. The Morgan fingerprint density at radius 1 is 1.28 bits per heavy atom. The Labute approximate surface area is 145 Å². The van der Waals surface area contributed by atoms with E-state index < -0.39 is 0 Å². The minimum atomic E-state index is -0.221. The number of anilines is 1. The van der Waals surface area contributed by atoms with Crippen molar-refractivity contribution in [3.63, 3.8) is 0 Å². The number of hydrogen-bond donors (Lipinski definition) is 1. The third-order valence-electron chi connectivity index (χ3n) is 4.67. The van der Waals surface area contributed by atoms with Crippen LogP contribution in [-0.4, -0.2) is 24.1 Å². The second-order valence-electron chi connectivity index (χ2n) is 6.32. The van der Waals surface area contributed by atoms with Crippen molar-refractivity contribution in [2.75, 3.05) is 11.4 Å². The van der Waals surface area contributed by atoms with Gasteiger partial charge in [-0.1, -0.05) is 12.1 Å². The highest BCUT2D eigenvalue weighted by Gasteiger charge is 2.36. The number of furan rings is 1. The minimum absolute atomic E-state index is 0.0180. The summed E-state index contributed by atoms with van der Waals surface area (Å²) in [6.45, 7) is 0.288. The molecule has 0 saturated heterocycles. The number of nitrogens with zero attached hydrogens (tertiary/aromatic N) is 2. The molecule has 2 heterocycles. The van der Waals surface area contributed by atoms with Crippen molar-refractivity contribution >= 4 is 28.9 Å². The molecule has 1 aliphatic heterocycles. The molecule has 6 heteroatoms. The van der Waals surface area contributed by atoms with Crippen molar-refractivity contribution in [1.82, 2.24) is 5.32 Å². The molecule has 2 aromatic rings. The Hall–Kier alpha value is -2.89. The van der Waals surface area contributed by atoms with E-state index in [1.807, 2.05) is 24.3 Å². The lowest BCUT2D eigenvalue weighted by molar-refractivity contribution is -0.124. The maximum absolute atomic E-state index is 13.0. The van der Waals surface area contributed by atoms with Gasteiger partial charge in [-0.25, -0.2) is 0 Å². The molecule has 25 heavy (non-hydrogen) atoms. The van der Waals surface area contributed by atoms with Crippen molar-refractivity contribution in [2.45, 2.75) is 25.8 Å². The molecule has 1 fully saturated rings. The van der Waals surface area contributed by atoms with Crippen molar-refractivity contribution < 1.29 is 14.0 Å². The Kier molecular flexibility index (Phi) is 4.09. The third kappa shape index (κ3) is 3.07. The zero-order valence-corrected chi connectivity index (χ0v) is 13.8. The van der Waals surface area contributed by atoms with Gasteiger partial charge in [0.05, 0.1) is 30.1 Å². The van der Waals surface area contributed by atoms with Crippen molar-refractivity contribution in [1.29, 1.82) is 0 Å². The van der Waals surface area contributed by atoms with Gasteiger partial charge in [0.1, 0.15) is 12.3 Å². The molecule has 1 aliphatic carbocycles. The SMILES string of the molecule is O=C(CN1C(=O)[C@@H]2CCCC2=Nc2ccccc21)NCc1ccco1. The van der Waals surface area contributed by atoms with Crippen LogP contribution in [0.5, 0.6) is 0 Å². The van der Waals surface area contributed by atoms with Gasteiger partial charge in [0.2, 0.25) is 11.8 Å². The molecule has 6 nitrogen and oxygen atoms in total. The van der Waals surface area contributed by atoms with Crippen LogP contribution in [0, 0.1) is 5.92 Å². The number of amides is 2. The highest BCUT2D eigenvalue weighted by Crippen LogP contribution is 2.37. The number of aliphatic imine (C=N–C) groups is 1. The van der Waals surface area contributed by atoms with E-state index in [0.29, 0.717) is 18.0 Å². The van der Waals surface area contributed by atoms with Crippen LogP contribution in [0.3, 0.4) is 0 Å². The van der Waals surface area contributed by atoms with Gasteiger partial charge in [0.25, 0.3) is 0 Å². The van der Waals surface area contributed by atoms with E-state index in [2.05, 4.69) is 5.32 Å². The predicted molar refractivity (Wildman–Crippen MR) is 93.8 cm³/mol. The largest absolute Gasteiger partial charge is 0.467 e. The number of para-hydroxylation sites is 2. The highest BCUT2D eigenvalue weighted by atomic mass is 16.3. The van der Waals surface area contributed by atoms with Gasteiger partial charge in [-0.05, 0) is 43.5 Å². The number of carbonyl (C=O) groups is 2. The van der Waals surface area contributed by atoms with E-state index in [4.69, 9.17) is 9.41 Å². The summed E-state index contributed by atoms with van der Waals surface area (Å²) in [7, 11) is 0. The summed E-state index contributed by atoms with van der Waals surface area (Å²) >= 11 is 0. The Balaban J connectivity index is 1.55. The number of carbonyl (C=O) groups excluding carboxylic acids is 2. The van der Waals surface area contributed by atoms with Crippen LogP contribution in [0.2, 0.25) is 0 Å². The van der Waals surface area contributed by atoms with Crippen molar-refractivity contribution in [2.24, 2.45) is 10.9 Å². The molecule has 0 bridgehead atoms. The highest BCUT2D eigenvalue weighted by molar-refractivity contribution is 6.16. The number of benzene rings is 1. The molecule has 1 aromatic heterocycles. The van der Waals surface area contributed by atoms with Crippen LogP contribution in [0.4, 0.5) is 11.4 Å². The van der Waals surface area contributed by atoms with Gasteiger partial charge < -0.3 is 14.6 Å². The molecule has 1 atom stereocenters. The van der Waals surface area contributed by atoms with Crippen LogP contribution in [0.15, 0.2) is 52.1 Å². The normalized spacial score (nSPS) is 19.0. The topological polar surface area (TPSA) is 74.9 Å². The predicted octanol–water partition coefficient (Wildman–Crippen LogP) is 2.82. The molecule has 1 saturated carbocycles. The molecular formula is C19H19N3O3. The standard InChI is InChI=1S/C19H19N3O3/c23-18(20-11-13-5-4-10-25-13)12-22-17-9-2-1-7-16(17)21-15-8-3-6-14(15)19(22)24/h1-2,4-5,7,9-10,14H,3,6,8,11-12H2,(H,20,23)/t14-/m1/s1. The zero-order valence-electron chi connectivity index (χ0n) is 13.8. The number of rotatable bonds is 4. The van der Waals surface area contributed by atoms with Crippen molar-refractivity contribution in [3.05, 3.63) is 48.4 Å². The van der Waals surface area contributed by atoms with E-state index in [1.165, 1.54) is 0 Å². The molecule has 2 aliphatic rings. The van der Waals surface area contributed by atoms with Crippen LogP contribution in [0.25, 0.3) is 0 Å². The molecule has 1 aromatic carbocycles. The quantitative estimate of drug-likeness (QED) is 0.932. The van der Waals surface area contributed by atoms with E-state index in [-0.39, 0.29) is 24.3 Å². The van der Waals surface area contributed by atoms with Gasteiger partial charge >= 0.3 is 0 Å². The number of hydrogen-bond acceptors (Lipinski definition) is 4. The lowest BCUT2D eigenvalue weighted by atomic mass is 10.1. The molecule has 2 amide bonds. The van der Waals surface area contributed by atoms with Gasteiger partial charge in [0.15, 0.2) is 0 Å². The fourth-order valence-corrected chi connectivity index (χ4v) is 3.44. The monoisotopic (exact) mass is 337 g/mol. The molecule has 0 unspecified atom stereocenters. The van der Waals surface area contributed by atoms with Crippen LogP contribution in [-0.2, 0) is 16.1 Å². The molecule has 128 valence electrons. The number of fused-ring (bicyclic) bond motifs is 2. The first-order valence-corrected chi connectivity index (χ1v) is 8.49. The summed E-state index contributed by atoms with van der Waals surface area (Å²) in [5.41, 5.74) is 2.40. The molecule has 1 N–H and O–H groups in total. The summed E-state index contributed by atoms with van der Waals surface area (Å²) in [4.78, 5) is 31.7. The van der Waals surface area contributed by atoms with E-state index >= 15 is 0 Å². The zero-order chi connectivity index (χ0) is 17.2. The Morgan fingerprint density at radius 3 is 3.00 bits per heavy atom. The molecular weight excluding hydrogens is 318 g/mol. The summed E-state index contributed by atoms with van der Waals surface area (Å²) in [5.74, 6) is 0.220. The summed E-state index contributed by atoms with van der Waals surface area (Å²) in [6, 6.07) is 11.1. The van der Waals surface area contributed by atoms with E-state index in [1.54, 1.807) is 23.3 Å². The average Bonchev–Trinajstić information content (AvgIpc) is 3.28. The second-order valence-corrected chi connectivity index (χ2v) is 6.32. The van der Waals surface area contributed by atoms with Crippen LogP contribution in [0.1, 0.15) is 25.0 Å². The molecule has 0 spiro atoms. The lowest BCUT2D eigenvalue weighted by Gasteiger charge is -2.24. The smallest absolute Gasteiger partial charge is 0.240 e. The number of nitrogens with one attached hydrogen (secondary N) is 1. The summed E-state index contributed by atoms with van der Waals surface area (Å²) < 4.78 is 5.21. The second kappa shape index (κ2) is 6.55. The van der Waals surface area contributed by atoms with E-state index in [9.17, 15) is 9.59 Å². The van der Waals surface area contributed by atoms with Gasteiger partial charge in [-0.15, -0.1) is 0 Å². The van der Waals surface area contributed by atoms with Crippen molar-refractivity contribution in [3.8, 4) is 0 Å². The fourth-order valence-electron chi connectivity index (χ4n) is 3.44. The summed E-state index contributed by atoms with van der Waals surface area (Å²) in [5, 5.41) is 2.80. The van der Waals surface area contributed by atoms with Gasteiger partial charge in [0, 0.05) is 5.71 Å². The van der Waals surface area contributed by atoms with Gasteiger partial charge in [-0.2, -0.15) is 0 Å². The van der Waals surface area contributed by atoms with Crippen LogP contribution >= 0.6 is 0 Å². The maximum Gasteiger partial charge on any atom is 0.240 e. The molecule has 0 radical (unpaired) electrons. The summed E-state index contributed by atoms with van der Waals surface area (Å²) in [6.07, 6.45) is 4.18. The van der Waals surface area contributed by atoms with Crippen LogP contribution < -0.4 is 10.2 Å². The van der Waals surface area contributed by atoms with E-state index in [0.717, 1.165) is 30.7 Å². The Morgan fingerprint density at radius 2 is 2.16 bits per heavy atom. The third-order valence-corrected chi connectivity index (χ3v) is 4.67.